The smallest absolute Gasteiger partial charge is 0.187 e. The lowest BCUT2D eigenvalue weighted by atomic mass is 9.95. The van der Waals surface area contributed by atoms with Gasteiger partial charge < -0.3 is 99.5 Å². The van der Waals surface area contributed by atoms with Gasteiger partial charge in [-0.25, -0.2) is 0 Å². The Morgan fingerprint density at radius 1 is 0.409 bits per heavy atom. The van der Waals surface area contributed by atoms with E-state index in [4.69, 9.17) is 33.2 Å². The fourth-order valence-corrected chi connectivity index (χ4v) is 5.47. The lowest BCUT2D eigenvalue weighted by Crippen LogP contribution is -2.67. The Hall–Kier alpha value is -0.800. The molecule has 0 radical (unpaired) electrons. The summed E-state index contributed by atoms with van der Waals surface area (Å²) in [7, 11) is 0. The first kappa shape index (κ1) is 36.0. The van der Waals surface area contributed by atoms with Crippen LogP contribution in [0.25, 0.3) is 0 Å². The summed E-state index contributed by atoms with van der Waals surface area (Å²) in [5, 5.41) is 133. The van der Waals surface area contributed by atoms with E-state index < -0.39 is 143 Å². The van der Waals surface area contributed by atoms with Crippen molar-refractivity contribution >= 4 is 0 Å². The van der Waals surface area contributed by atoms with E-state index >= 15 is 0 Å². The SMILES string of the molecule is C[C@@H]1O[C@@H](O[C@@H]2[C@@H](O)[C@H](O[C@@H]3O[C@H](CO)[C@@H](O)[C@H](O[C@@H]4O[C@H](CO)[C@@H](O)[C@H](O)[C@H]4O)[C@H]3O)[C@@H](CO)O[C@H]2O)[C@H](O)[C@H](O)[C@H]1O. The molecule has 4 aliphatic heterocycles. The summed E-state index contributed by atoms with van der Waals surface area (Å²) < 4.78 is 38.0. The number of hydrogen-bond acceptors (Lipinski definition) is 20. The number of aliphatic hydroxyl groups excluding tert-OH is 13. The maximum atomic E-state index is 11.1. The molecule has 13 N–H and O–H groups in total. The van der Waals surface area contributed by atoms with Crippen LogP contribution in [-0.2, 0) is 33.2 Å². The molecule has 0 spiro atoms. The van der Waals surface area contributed by atoms with Crippen molar-refractivity contribution in [1.82, 2.24) is 0 Å². The summed E-state index contributed by atoms with van der Waals surface area (Å²) in [6.07, 6.45) is -34.3. The highest BCUT2D eigenvalue weighted by molar-refractivity contribution is 4.97. The van der Waals surface area contributed by atoms with E-state index in [1.54, 1.807) is 0 Å². The number of rotatable bonds is 9. The maximum absolute atomic E-state index is 11.1. The van der Waals surface area contributed by atoms with E-state index in [0.29, 0.717) is 0 Å². The molecule has 0 aromatic carbocycles. The van der Waals surface area contributed by atoms with Crippen molar-refractivity contribution in [1.29, 1.82) is 0 Å². The van der Waals surface area contributed by atoms with Crippen LogP contribution in [-0.4, -0.2) is 209 Å². The summed E-state index contributed by atoms with van der Waals surface area (Å²) >= 11 is 0. The van der Waals surface area contributed by atoms with Gasteiger partial charge >= 0.3 is 0 Å². The van der Waals surface area contributed by atoms with E-state index in [-0.39, 0.29) is 0 Å². The Morgan fingerprint density at radius 3 is 1.43 bits per heavy atom. The maximum Gasteiger partial charge on any atom is 0.187 e. The molecule has 4 saturated heterocycles. The third-order valence-electron chi connectivity index (χ3n) is 8.17. The highest BCUT2D eigenvalue weighted by atomic mass is 16.8. The van der Waals surface area contributed by atoms with Gasteiger partial charge in [0.15, 0.2) is 25.2 Å². The van der Waals surface area contributed by atoms with Crippen molar-refractivity contribution in [3.63, 3.8) is 0 Å². The number of hydrogen-bond donors (Lipinski definition) is 13. The highest BCUT2D eigenvalue weighted by Gasteiger charge is 2.55. The van der Waals surface area contributed by atoms with Gasteiger partial charge in [0.25, 0.3) is 0 Å². The van der Waals surface area contributed by atoms with E-state index in [9.17, 15) is 66.4 Å². The van der Waals surface area contributed by atoms with E-state index in [2.05, 4.69) is 0 Å². The van der Waals surface area contributed by atoms with Gasteiger partial charge in [-0.3, -0.25) is 0 Å². The number of ether oxygens (including phenoxy) is 7. The van der Waals surface area contributed by atoms with Gasteiger partial charge in [-0.05, 0) is 6.92 Å². The number of aliphatic hydroxyl groups is 13. The minimum Gasteiger partial charge on any atom is -0.394 e. The van der Waals surface area contributed by atoms with Gasteiger partial charge in [-0.2, -0.15) is 0 Å². The van der Waals surface area contributed by atoms with Gasteiger partial charge in [0.2, 0.25) is 0 Å². The van der Waals surface area contributed by atoms with Crippen LogP contribution < -0.4 is 0 Å². The summed E-state index contributed by atoms with van der Waals surface area (Å²) in [6, 6.07) is 0. The molecule has 0 bridgehead atoms. The Balaban J connectivity index is 1.51. The molecule has 4 aliphatic rings. The average Bonchev–Trinajstić information content (AvgIpc) is 3.00. The summed E-state index contributed by atoms with van der Waals surface area (Å²) in [4.78, 5) is 0. The minimum absolute atomic E-state index is 0.798. The predicted molar refractivity (Wildman–Crippen MR) is 132 cm³/mol. The monoisotopic (exact) mass is 650 g/mol. The molecule has 20 heteroatoms. The van der Waals surface area contributed by atoms with Crippen LogP contribution in [0, 0.1) is 0 Å². The molecule has 20 nitrogen and oxygen atoms in total. The normalized spacial score (nSPS) is 53.9. The summed E-state index contributed by atoms with van der Waals surface area (Å²) in [6.45, 7) is -1.17. The molecular formula is C24H42O20. The van der Waals surface area contributed by atoms with Crippen LogP contribution >= 0.6 is 0 Å². The van der Waals surface area contributed by atoms with Gasteiger partial charge in [0.1, 0.15) is 91.6 Å². The Morgan fingerprint density at radius 2 is 0.864 bits per heavy atom. The van der Waals surface area contributed by atoms with Crippen molar-refractivity contribution in [3.8, 4) is 0 Å². The van der Waals surface area contributed by atoms with Crippen LogP contribution in [0.2, 0.25) is 0 Å². The third kappa shape index (κ3) is 7.05. The molecule has 0 saturated carbocycles. The van der Waals surface area contributed by atoms with E-state index in [1.807, 2.05) is 0 Å². The predicted octanol–water partition coefficient (Wildman–Crippen LogP) is -8.72. The molecular weight excluding hydrogens is 608 g/mol. The molecule has 0 aromatic heterocycles. The van der Waals surface area contributed by atoms with Crippen molar-refractivity contribution in [2.75, 3.05) is 19.8 Å². The van der Waals surface area contributed by atoms with Gasteiger partial charge in [0.05, 0.1) is 25.9 Å². The molecule has 4 heterocycles. The average molecular weight is 651 g/mol. The zero-order valence-corrected chi connectivity index (χ0v) is 23.3. The largest absolute Gasteiger partial charge is 0.394 e. The van der Waals surface area contributed by atoms with Crippen molar-refractivity contribution in [2.45, 2.75) is 130 Å². The highest BCUT2D eigenvalue weighted by Crippen LogP contribution is 2.34. The zero-order chi connectivity index (χ0) is 32.6. The van der Waals surface area contributed by atoms with Crippen molar-refractivity contribution < 1.29 is 99.5 Å². The summed E-state index contributed by atoms with van der Waals surface area (Å²) in [5.41, 5.74) is 0. The minimum atomic E-state index is -2.00. The van der Waals surface area contributed by atoms with Crippen LogP contribution in [0.3, 0.4) is 0 Å². The quantitative estimate of drug-likeness (QED) is 0.110. The Bertz CT molecular complexity index is 900. The second kappa shape index (κ2) is 15.0. The first-order chi connectivity index (χ1) is 20.7. The second-order valence-electron chi connectivity index (χ2n) is 11.1. The molecule has 4 rings (SSSR count). The molecule has 4 fully saturated rings. The Labute approximate surface area is 249 Å². The van der Waals surface area contributed by atoms with Crippen LogP contribution in [0.5, 0.6) is 0 Å². The van der Waals surface area contributed by atoms with Crippen LogP contribution in [0.15, 0.2) is 0 Å². The van der Waals surface area contributed by atoms with Crippen molar-refractivity contribution in [3.05, 3.63) is 0 Å². The van der Waals surface area contributed by atoms with Crippen LogP contribution in [0.1, 0.15) is 6.92 Å². The fourth-order valence-electron chi connectivity index (χ4n) is 5.47. The first-order valence-electron chi connectivity index (χ1n) is 14.0. The van der Waals surface area contributed by atoms with Crippen LogP contribution in [0.4, 0.5) is 0 Å². The third-order valence-corrected chi connectivity index (χ3v) is 8.17. The molecule has 0 unspecified atom stereocenters. The summed E-state index contributed by atoms with van der Waals surface area (Å²) in [5.74, 6) is 0. The molecule has 0 aromatic rings. The van der Waals surface area contributed by atoms with Gasteiger partial charge in [-0.15, -0.1) is 0 Å². The van der Waals surface area contributed by atoms with Gasteiger partial charge in [-0.1, -0.05) is 0 Å². The first-order valence-corrected chi connectivity index (χ1v) is 14.0. The fraction of sp³-hybridized carbons (Fsp3) is 1.00. The van der Waals surface area contributed by atoms with E-state index in [0.717, 1.165) is 0 Å². The Kier molecular flexibility index (Phi) is 12.3. The lowest BCUT2D eigenvalue weighted by molar-refractivity contribution is -0.390. The lowest BCUT2D eigenvalue weighted by Gasteiger charge is -2.49. The molecule has 20 atom stereocenters. The standard InChI is InChI=1S/C24H42O20/c1-5-9(28)12(31)14(33)22(38-5)44-20-16(35)18(8(4-27)39-21(20)37)42-24-17(36)19(11(30)7(3-26)41-24)43-23-15(34)13(32)10(29)6(2-25)40-23/h5-37H,2-4H2,1H3/t5-,6+,7+,8+,9-,10+,11+,12+,13-,14+,15+,16-,17+,18+,19-,20+,21+,22-,23-,24-/m0/s1. The zero-order valence-electron chi connectivity index (χ0n) is 23.3. The molecule has 258 valence electrons. The molecule has 44 heavy (non-hydrogen) atoms. The topological polar surface area (TPSA) is 328 Å². The second-order valence-corrected chi connectivity index (χ2v) is 11.1. The molecule has 0 amide bonds. The van der Waals surface area contributed by atoms with Crippen molar-refractivity contribution in [2.24, 2.45) is 0 Å². The molecule has 0 aliphatic carbocycles. The van der Waals surface area contributed by atoms with Gasteiger partial charge in [0, 0.05) is 0 Å². The van der Waals surface area contributed by atoms with E-state index in [1.165, 1.54) is 6.92 Å².